The maximum atomic E-state index is 12.2. The number of benzene rings is 2. The molecule has 0 saturated carbocycles. The fraction of sp³-hybridized carbons (Fsp3) is 0.316. The molecule has 0 saturated heterocycles. The number of rotatable bonds is 6. The standard InChI is InChI=1S/C19H21NO5/c1-20(11-16-12-24-17-5-3-4-6-18(17)25-16)19(21)13-23-15-9-7-14(22-2)8-10-15/h3-10,16H,11-13H2,1-2H3. The van der Waals surface area contributed by atoms with Crippen LogP contribution in [-0.4, -0.2) is 50.8 Å². The van der Waals surface area contributed by atoms with Gasteiger partial charge in [0.2, 0.25) is 0 Å². The van der Waals surface area contributed by atoms with Crippen molar-refractivity contribution in [3.05, 3.63) is 48.5 Å². The first-order chi connectivity index (χ1) is 12.2. The zero-order valence-electron chi connectivity index (χ0n) is 14.3. The topological polar surface area (TPSA) is 57.2 Å². The Labute approximate surface area is 146 Å². The number of ether oxygens (including phenoxy) is 4. The van der Waals surface area contributed by atoms with Crippen LogP contribution in [0.25, 0.3) is 0 Å². The van der Waals surface area contributed by atoms with Gasteiger partial charge in [0.15, 0.2) is 24.2 Å². The summed E-state index contributed by atoms with van der Waals surface area (Å²) in [6, 6.07) is 14.6. The first-order valence-electron chi connectivity index (χ1n) is 8.05. The summed E-state index contributed by atoms with van der Waals surface area (Å²) in [7, 11) is 3.33. The number of para-hydroxylation sites is 2. The highest BCUT2D eigenvalue weighted by Crippen LogP contribution is 2.30. The van der Waals surface area contributed by atoms with Gasteiger partial charge < -0.3 is 23.8 Å². The summed E-state index contributed by atoms with van der Waals surface area (Å²) < 4.78 is 22.1. The summed E-state index contributed by atoms with van der Waals surface area (Å²) in [6.07, 6.45) is -0.204. The number of carbonyl (C=O) groups excluding carboxylic acids is 1. The monoisotopic (exact) mass is 343 g/mol. The van der Waals surface area contributed by atoms with Crippen LogP contribution in [0.2, 0.25) is 0 Å². The lowest BCUT2D eigenvalue weighted by atomic mass is 10.2. The largest absolute Gasteiger partial charge is 0.497 e. The van der Waals surface area contributed by atoms with Gasteiger partial charge in [-0.2, -0.15) is 0 Å². The summed E-state index contributed by atoms with van der Waals surface area (Å²) in [6.45, 7) is 0.806. The summed E-state index contributed by atoms with van der Waals surface area (Å²) in [5, 5.41) is 0. The molecule has 1 amide bonds. The van der Waals surface area contributed by atoms with Crippen molar-refractivity contribution < 1.29 is 23.7 Å². The third-order valence-electron chi connectivity index (χ3n) is 3.89. The van der Waals surface area contributed by atoms with Gasteiger partial charge in [0.1, 0.15) is 18.1 Å². The average molecular weight is 343 g/mol. The Morgan fingerprint density at radius 2 is 1.80 bits per heavy atom. The Kier molecular flexibility index (Phi) is 5.28. The second-order valence-corrected chi connectivity index (χ2v) is 5.74. The molecule has 0 aromatic heterocycles. The van der Waals surface area contributed by atoms with Gasteiger partial charge >= 0.3 is 0 Å². The molecule has 2 aromatic carbocycles. The zero-order valence-corrected chi connectivity index (χ0v) is 14.3. The molecule has 0 bridgehead atoms. The van der Waals surface area contributed by atoms with Gasteiger partial charge in [0, 0.05) is 7.05 Å². The number of hydrogen-bond donors (Lipinski definition) is 0. The Hall–Kier alpha value is -2.89. The Morgan fingerprint density at radius 3 is 2.52 bits per heavy atom. The van der Waals surface area contributed by atoms with Crippen molar-refractivity contribution in [2.24, 2.45) is 0 Å². The summed E-state index contributed by atoms with van der Waals surface area (Å²) in [5.74, 6) is 2.67. The van der Waals surface area contributed by atoms with E-state index in [1.54, 1.807) is 43.3 Å². The third kappa shape index (κ3) is 4.35. The highest BCUT2D eigenvalue weighted by molar-refractivity contribution is 5.77. The maximum Gasteiger partial charge on any atom is 0.260 e. The third-order valence-corrected chi connectivity index (χ3v) is 3.89. The molecule has 1 heterocycles. The molecule has 25 heavy (non-hydrogen) atoms. The number of likely N-dealkylation sites (N-methyl/N-ethyl adjacent to an activating group) is 1. The van der Waals surface area contributed by atoms with Gasteiger partial charge in [-0.15, -0.1) is 0 Å². The normalized spacial score (nSPS) is 15.4. The molecule has 6 heteroatoms. The fourth-order valence-corrected chi connectivity index (χ4v) is 2.49. The van der Waals surface area contributed by atoms with E-state index in [2.05, 4.69) is 0 Å². The van der Waals surface area contributed by atoms with Crippen LogP contribution in [-0.2, 0) is 4.79 Å². The van der Waals surface area contributed by atoms with Crippen LogP contribution in [0, 0.1) is 0 Å². The first-order valence-corrected chi connectivity index (χ1v) is 8.05. The molecule has 0 radical (unpaired) electrons. The first kappa shape index (κ1) is 17.0. The zero-order chi connectivity index (χ0) is 17.6. The number of amides is 1. The summed E-state index contributed by atoms with van der Waals surface area (Å²) in [4.78, 5) is 13.8. The molecule has 0 N–H and O–H groups in total. The predicted molar refractivity (Wildman–Crippen MR) is 92.5 cm³/mol. The van der Waals surface area contributed by atoms with E-state index in [9.17, 15) is 4.79 Å². The molecule has 3 rings (SSSR count). The second kappa shape index (κ2) is 7.79. The van der Waals surface area contributed by atoms with E-state index in [-0.39, 0.29) is 18.6 Å². The van der Waals surface area contributed by atoms with Crippen molar-refractivity contribution in [1.29, 1.82) is 0 Å². The number of fused-ring (bicyclic) bond motifs is 1. The molecule has 2 aromatic rings. The minimum atomic E-state index is -0.204. The van der Waals surface area contributed by atoms with Gasteiger partial charge in [0.05, 0.1) is 13.7 Å². The van der Waals surface area contributed by atoms with Gasteiger partial charge in [-0.25, -0.2) is 0 Å². The maximum absolute atomic E-state index is 12.2. The van der Waals surface area contributed by atoms with E-state index in [0.29, 0.717) is 24.7 Å². The second-order valence-electron chi connectivity index (χ2n) is 5.74. The van der Waals surface area contributed by atoms with Gasteiger partial charge in [-0.3, -0.25) is 4.79 Å². The smallest absolute Gasteiger partial charge is 0.260 e. The number of methoxy groups -OCH3 is 1. The van der Waals surface area contributed by atoms with Crippen LogP contribution in [0.15, 0.2) is 48.5 Å². The number of hydrogen-bond acceptors (Lipinski definition) is 5. The lowest BCUT2D eigenvalue weighted by molar-refractivity contribution is -0.133. The highest BCUT2D eigenvalue weighted by atomic mass is 16.6. The fourth-order valence-electron chi connectivity index (χ4n) is 2.49. The lowest BCUT2D eigenvalue weighted by Gasteiger charge is -2.29. The minimum absolute atomic E-state index is 0.0347. The van der Waals surface area contributed by atoms with Crippen molar-refractivity contribution in [1.82, 2.24) is 4.90 Å². The van der Waals surface area contributed by atoms with Crippen LogP contribution in [0.4, 0.5) is 0 Å². The Morgan fingerprint density at radius 1 is 1.12 bits per heavy atom. The molecule has 0 fully saturated rings. The van der Waals surface area contributed by atoms with Crippen LogP contribution in [0.5, 0.6) is 23.0 Å². The molecule has 132 valence electrons. The van der Waals surface area contributed by atoms with E-state index < -0.39 is 0 Å². The molecule has 1 atom stereocenters. The average Bonchev–Trinajstić information content (AvgIpc) is 2.66. The molecule has 6 nitrogen and oxygen atoms in total. The molecule has 1 aliphatic rings. The quantitative estimate of drug-likeness (QED) is 0.806. The van der Waals surface area contributed by atoms with Crippen molar-refractivity contribution >= 4 is 5.91 Å². The van der Waals surface area contributed by atoms with Gasteiger partial charge in [-0.05, 0) is 36.4 Å². The van der Waals surface area contributed by atoms with Crippen molar-refractivity contribution in [3.8, 4) is 23.0 Å². The summed E-state index contributed by atoms with van der Waals surface area (Å²) in [5.41, 5.74) is 0. The molecular formula is C19H21NO5. The number of nitrogens with zero attached hydrogens (tertiary/aromatic N) is 1. The molecule has 1 aliphatic heterocycles. The van der Waals surface area contributed by atoms with Crippen molar-refractivity contribution in [2.45, 2.75) is 6.10 Å². The van der Waals surface area contributed by atoms with E-state index in [4.69, 9.17) is 18.9 Å². The molecule has 0 spiro atoms. The van der Waals surface area contributed by atoms with Gasteiger partial charge in [-0.1, -0.05) is 12.1 Å². The van der Waals surface area contributed by atoms with Crippen molar-refractivity contribution in [2.75, 3.05) is 33.9 Å². The molecule has 1 unspecified atom stereocenters. The van der Waals surface area contributed by atoms with E-state index in [0.717, 1.165) is 11.5 Å². The Balaban J connectivity index is 1.47. The SMILES string of the molecule is COc1ccc(OCC(=O)N(C)CC2COc3ccccc3O2)cc1. The van der Waals surface area contributed by atoms with Crippen molar-refractivity contribution in [3.63, 3.8) is 0 Å². The molecular weight excluding hydrogens is 322 g/mol. The predicted octanol–water partition coefficient (Wildman–Crippen LogP) is 2.37. The van der Waals surface area contributed by atoms with Crippen LogP contribution >= 0.6 is 0 Å². The van der Waals surface area contributed by atoms with E-state index in [1.165, 1.54) is 0 Å². The minimum Gasteiger partial charge on any atom is -0.497 e. The lowest BCUT2D eigenvalue weighted by Crippen LogP contribution is -2.43. The number of carbonyl (C=O) groups is 1. The van der Waals surface area contributed by atoms with E-state index in [1.807, 2.05) is 24.3 Å². The Bertz CT molecular complexity index is 716. The summed E-state index contributed by atoms with van der Waals surface area (Å²) >= 11 is 0. The van der Waals surface area contributed by atoms with Crippen LogP contribution < -0.4 is 18.9 Å². The highest BCUT2D eigenvalue weighted by Gasteiger charge is 2.23. The molecule has 0 aliphatic carbocycles. The van der Waals surface area contributed by atoms with E-state index >= 15 is 0 Å². The van der Waals surface area contributed by atoms with Gasteiger partial charge in [0.25, 0.3) is 5.91 Å². The van der Waals surface area contributed by atoms with Crippen LogP contribution in [0.1, 0.15) is 0 Å². The van der Waals surface area contributed by atoms with Crippen LogP contribution in [0.3, 0.4) is 0 Å².